The minimum Gasteiger partial charge on any atom is -0.494 e. The predicted octanol–water partition coefficient (Wildman–Crippen LogP) is 1.73. The van der Waals surface area contributed by atoms with E-state index in [1.807, 2.05) is 0 Å². The van der Waals surface area contributed by atoms with Gasteiger partial charge in [0.1, 0.15) is 17.1 Å². The third-order valence-corrected chi connectivity index (χ3v) is 2.61. The molecule has 0 saturated heterocycles. The maximum Gasteiger partial charge on any atom is 0.262 e. The zero-order valence-corrected chi connectivity index (χ0v) is 9.38. The first-order chi connectivity index (χ1) is 7.54. The fourth-order valence-corrected chi connectivity index (χ4v) is 1.60. The number of hydrogen-bond acceptors (Lipinski definition) is 3. The van der Waals surface area contributed by atoms with Gasteiger partial charge >= 0.3 is 0 Å². The van der Waals surface area contributed by atoms with Crippen LogP contribution in [0.2, 0.25) is 5.28 Å². The molecule has 0 fully saturated rings. The molecule has 0 unspecified atom stereocenters. The molecular formula is C10H8ClFN2O2. The Morgan fingerprint density at radius 3 is 2.81 bits per heavy atom. The monoisotopic (exact) mass is 242 g/mol. The first-order valence-corrected chi connectivity index (χ1v) is 4.82. The maximum atomic E-state index is 13.2. The molecule has 16 heavy (non-hydrogen) atoms. The van der Waals surface area contributed by atoms with Gasteiger partial charge in [-0.1, -0.05) is 0 Å². The van der Waals surface area contributed by atoms with E-state index >= 15 is 0 Å². The number of benzene rings is 1. The van der Waals surface area contributed by atoms with Crippen LogP contribution in [-0.2, 0) is 7.05 Å². The normalized spacial score (nSPS) is 10.8. The molecule has 0 aliphatic heterocycles. The second kappa shape index (κ2) is 3.75. The molecule has 0 bridgehead atoms. The summed E-state index contributed by atoms with van der Waals surface area (Å²) in [7, 11) is 2.84. The fraction of sp³-hybridized carbons (Fsp3) is 0.200. The van der Waals surface area contributed by atoms with Crippen molar-refractivity contribution in [3.05, 3.63) is 33.6 Å². The molecule has 2 aromatic rings. The first kappa shape index (κ1) is 10.9. The van der Waals surface area contributed by atoms with Crippen LogP contribution >= 0.6 is 11.6 Å². The third kappa shape index (κ3) is 1.53. The van der Waals surface area contributed by atoms with E-state index in [0.29, 0.717) is 0 Å². The molecule has 0 atom stereocenters. The third-order valence-electron chi connectivity index (χ3n) is 2.28. The minimum atomic E-state index is -0.550. The van der Waals surface area contributed by atoms with Crippen molar-refractivity contribution < 1.29 is 9.13 Å². The van der Waals surface area contributed by atoms with E-state index in [-0.39, 0.29) is 21.9 Å². The molecule has 0 radical (unpaired) electrons. The summed E-state index contributed by atoms with van der Waals surface area (Å²) in [5, 5.41) is 0.172. The largest absolute Gasteiger partial charge is 0.494 e. The van der Waals surface area contributed by atoms with Crippen LogP contribution < -0.4 is 10.3 Å². The highest BCUT2D eigenvalue weighted by atomic mass is 35.5. The molecule has 84 valence electrons. The highest BCUT2D eigenvalue weighted by Gasteiger charge is 2.12. The second-order valence-corrected chi connectivity index (χ2v) is 3.59. The topological polar surface area (TPSA) is 44.1 Å². The van der Waals surface area contributed by atoms with Gasteiger partial charge in [-0.2, -0.15) is 0 Å². The van der Waals surface area contributed by atoms with Gasteiger partial charge in [-0.05, 0) is 17.7 Å². The van der Waals surface area contributed by atoms with E-state index in [9.17, 15) is 9.18 Å². The quantitative estimate of drug-likeness (QED) is 0.716. The Bertz CT molecular complexity index is 624. The lowest BCUT2D eigenvalue weighted by Gasteiger charge is -2.07. The average molecular weight is 243 g/mol. The minimum absolute atomic E-state index is 0.0300. The number of fused-ring (bicyclic) bond motifs is 1. The molecule has 1 aromatic carbocycles. The fourth-order valence-electron chi connectivity index (χ4n) is 1.44. The number of rotatable bonds is 1. The van der Waals surface area contributed by atoms with Gasteiger partial charge in [0.2, 0.25) is 5.28 Å². The lowest BCUT2D eigenvalue weighted by atomic mass is 10.2. The summed E-state index contributed by atoms with van der Waals surface area (Å²) in [6.07, 6.45) is 0. The van der Waals surface area contributed by atoms with Crippen LogP contribution in [0.5, 0.6) is 5.75 Å². The van der Waals surface area contributed by atoms with Gasteiger partial charge in [-0.25, -0.2) is 9.37 Å². The number of aromatic nitrogens is 2. The van der Waals surface area contributed by atoms with E-state index in [1.165, 1.54) is 14.2 Å². The van der Waals surface area contributed by atoms with Crippen molar-refractivity contribution in [3.63, 3.8) is 0 Å². The van der Waals surface area contributed by atoms with Gasteiger partial charge in [-0.15, -0.1) is 0 Å². The van der Waals surface area contributed by atoms with E-state index in [1.54, 1.807) is 0 Å². The highest BCUT2D eigenvalue weighted by molar-refractivity contribution is 6.28. The molecule has 0 N–H and O–H groups in total. The van der Waals surface area contributed by atoms with Crippen LogP contribution in [-0.4, -0.2) is 16.7 Å². The van der Waals surface area contributed by atoms with Crippen LogP contribution in [0.15, 0.2) is 16.9 Å². The summed E-state index contributed by atoms with van der Waals surface area (Å²) in [6, 6.07) is 2.27. The van der Waals surface area contributed by atoms with Gasteiger partial charge in [0.25, 0.3) is 5.56 Å². The van der Waals surface area contributed by atoms with Gasteiger partial charge in [0.15, 0.2) is 0 Å². The smallest absolute Gasteiger partial charge is 0.262 e. The summed E-state index contributed by atoms with van der Waals surface area (Å²) < 4.78 is 19.3. The summed E-state index contributed by atoms with van der Waals surface area (Å²) in [4.78, 5) is 15.8. The molecule has 1 heterocycles. The Kier molecular flexibility index (Phi) is 2.55. The lowest BCUT2D eigenvalue weighted by Crippen LogP contribution is -2.19. The Labute approximate surface area is 95.2 Å². The molecule has 2 rings (SSSR count). The van der Waals surface area contributed by atoms with Crippen molar-refractivity contribution in [2.75, 3.05) is 7.11 Å². The van der Waals surface area contributed by atoms with Crippen molar-refractivity contribution in [2.24, 2.45) is 7.05 Å². The SMILES string of the molecule is COc1cc(F)cc2c(=O)n(C)c(Cl)nc12. The Morgan fingerprint density at radius 1 is 1.50 bits per heavy atom. The van der Waals surface area contributed by atoms with Gasteiger partial charge in [0, 0.05) is 13.1 Å². The number of hydrogen-bond donors (Lipinski definition) is 0. The molecule has 0 saturated carbocycles. The van der Waals surface area contributed by atoms with Crippen LogP contribution in [0, 0.1) is 5.82 Å². The Morgan fingerprint density at radius 2 is 2.19 bits per heavy atom. The molecule has 0 amide bonds. The maximum absolute atomic E-state index is 13.2. The van der Waals surface area contributed by atoms with E-state index in [0.717, 1.165) is 16.7 Å². The first-order valence-electron chi connectivity index (χ1n) is 4.44. The summed E-state index contributed by atoms with van der Waals surface area (Å²) in [6.45, 7) is 0. The lowest BCUT2D eigenvalue weighted by molar-refractivity contribution is 0.415. The molecule has 0 aliphatic carbocycles. The summed E-state index contributed by atoms with van der Waals surface area (Å²) in [5.74, 6) is -0.361. The highest BCUT2D eigenvalue weighted by Crippen LogP contribution is 2.24. The molecule has 0 spiro atoms. The average Bonchev–Trinajstić information content (AvgIpc) is 2.26. The zero-order chi connectivity index (χ0) is 11.9. The van der Waals surface area contributed by atoms with Crippen molar-refractivity contribution in [1.29, 1.82) is 0 Å². The van der Waals surface area contributed by atoms with Crippen LogP contribution in [0.1, 0.15) is 0 Å². The van der Waals surface area contributed by atoms with Gasteiger partial charge < -0.3 is 4.74 Å². The number of ether oxygens (including phenoxy) is 1. The van der Waals surface area contributed by atoms with Crippen LogP contribution in [0.25, 0.3) is 10.9 Å². The number of methoxy groups -OCH3 is 1. The van der Waals surface area contributed by atoms with E-state index in [2.05, 4.69) is 4.98 Å². The van der Waals surface area contributed by atoms with Crippen molar-refractivity contribution in [1.82, 2.24) is 9.55 Å². The number of halogens is 2. The molecule has 1 aromatic heterocycles. The summed E-state index contributed by atoms with van der Waals surface area (Å²) in [5.41, 5.74) is -0.148. The van der Waals surface area contributed by atoms with Crippen LogP contribution in [0.4, 0.5) is 4.39 Å². The standard InChI is InChI=1S/C10H8ClFN2O2/c1-14-9(15)6-3-5(12)4-7(16-2)8(6)13-10(14)11/h3-4H,1-2H3. The van der Waals surface area contributed by atoms with Crippen molar-refractivity contribution >= 4 is 22.5 Å². The van der Waals surface area contributed by atoms with Crippen molar-refractivity contribution in [2.45, 2.75) is 0 Å². The second-order valence-electron chi connectivity index (χ2n) is 3.25. The van der Waals surface area contributed by atoms with Gasteiger partial charge in [-0.3, -0.25) is 9.36 Å². The summed E-state index contributed by atoms with van der Waals surface area (Å²) >= 11 is 5.76. The Hall–Kier alpha value is -1.62. The van der Waals surface area contributed by atoms with Gasteiger partial charge in [0.05, 0.1) is 12.5 Å². The zero-order valence-electron chi connectivity index (χ0n) is 8.62. The molecule has 6 heteroatoms. The number of nitrogens with zero attached hydrogens (tertiary/aromatic N) is 2. The predicted molar refractivity (Wildman–Crippen MR) is 58.5 cm³/mol. The molecule has 4 nitrogen and oxygen atoms in total. The van der Waals surface area contributed by atoms with Crippen molar-refractivity contribution in [3.8, 4) is 5.75 Å². The van der Waals surface area contributed by atoms with E-state index in [4.69, 9.17) is 16.3 Å². The molecular weight excluding hydrogens is 235 g/mol. The molecule has 0 aliphatic rings. The van der Waals surface area contributed by atoms with E-state index < -0.39 is 11.4 Å². The Balaban J connectivity index is 3.01. The van der Waals surface area contributed by atoms with Crippen LogP contribution in [0.3, 0.4) is 0 Å².